The number of rotatable bonds is 10. The molecule has 3 heterocycles. The third-order valence-electron chi connectivity index (χ3n) is 5.70. The van der Waals surface area contributed by atoms with Crippen LogP contribution in [0.1, 0.15) is 41.1 Å². The summed E-state index contributed by atoms with van der Waals surface area (Å²) in [4.78, 5) is 21.4. The summed E-state index contributed by atoms with van der Waals surface area (Å²) in [5.41, 5.74) is 2.97. The van der Waals surface area contributed by atoms with Crippen LogP contribution in [0.4, 0.5) is 11.5 Å². The van der Waals surface area contributed by atoms with Crippen LogP contribution in [0.2, 0.25) is 0 Å². The van der Waals surface area contributed by atoms with Gasteiger partial charge in [-0.15, -0.1) is 0 Å². The van der Waals surface area contributed by atoms with Gasteiger partial charge in [0.15, 0.2) is 11.6 Å². The summed E-state index contributed by atoms with van der Waals surface area (Å²) in [6.07, 6.45) is 0. The first kappa shape index (κ1) is 25.3. The number of nitrogens with zero attached hydrogens (tertiary/aromatic N) is 2. The number of furan rings is 1. The normalized spacial score (nSPS) is 13.7. The van der Waals surface area contributed by atoms with Crippen LogP contribution < -0.4 is 24.8 Å². The number of fused-ring (bicyclic) bond motifs is 1. The summed E-state index contributed by atoms with van der Waals surface area (Å²) in [7, 11) is 4.65. The van der Waals surface area contributed by atoms with Gasteiger partial charge in [-0.1, -0.05) is 0 Å². The fraction of sp³-hybridized carbons (Fsp3) is 0.400. The van der Waals surface area contributed by atoms with Gasteiger partial charge in [0.25, 0.3) is 11.9 Å². The van der Waals surface area contributed by atoms with Crippen molar-refractivity contribution in [3.63, 3.8) is 0 Å². The van der Waals surface area contributed by atoms with Crippen LogP contribution in [0, 0.1) is 6.92 Å². The number of hydrogen-bond donors (Lipinski definition) is 2. The molecule has 0 unspecified atom stereocenters. The SMILES string of the molecule is CNc1nc(OCCOC)nc(OC)c1NC(=O)c1ccc(Oc2cc3c(cc2C)COC3(C)C)o1. The summed E-state index contributed by atoms with van der Waals surface area (Å²) >= 11 is 0. The van der Waals surface area contributed by atoms with Crippen molar-refractivity contribution in [2.24, 2.45) is 0 Å². The Kier molecular flexibility index (Phi) is 7.32. The number of hydrogen-bond acceptors (Lipinski definition) is 10. The number of carbonyl (C=O) groups is 1. The Morgan fingerprint density at radius 1 is 1.17 bits per heavy atom. The number of nitrogens with one attached hydrogen (secondary N) is 2. The third kappa shape index (κ3) is 5.21. The minimum atomic E-state index is -0.531. The molecule has 1 aromatic carbocycles. The number of amides is 1. The predicted molar refractivity (Wildman–Crippen MR) is 131 cm³/mol. The maximum atomic E-state index is 13.0. The average Bonchev–Trinajstić information content (AvgIpc) is 3.44. The molecule has 0 saturated carbocycles. The highest BCUT2D eigenvalue weighted by molar-refractivity contribution is 6.04. The first-order chi connectivity index (χ1) is 17.2. The summed E-state index contributed by atoms with van der Waals surface area (Å²) < 4.78 is 33.3. The lowest BCUT2D eigenvalue weighted by atomic mass is 9.94. The Labute approximate surface area is 209 Å². The number of benzene rings is 1. The molecule has 2 N–H and O–H groups in total. The molecule has 36 heavy (non-hydrogen) atoms. The zero-order chi connectivity index (χ0) is 25.9. The highest BCUT2D eigenvalue weighted by atomic mass is 16.6. The number of aromatic nitrogens is 2. The number of aryl methyl sites for hydroxylation is 1. The van der Waals surface area contributed by atoms with E-state index >= 15 is 0 Å². The van der Waals surface area contributed by atoms with Crippen LogP contribution in [-0.4, -0.2) is 50.4 Å². The van der Waals surface area contributed by atoms with Crippen molar-refractivity contribution in [1.29, 1.82) is 0 Å². The Balaban J connectivity index is 1.51. The molecule has 0 spiro atoms. The smallest absolute Gasteiger partial charge is 0.321 e. The van der Waals surface area contributed by atoms with E-state index in [0.717, 1.165) is 16.7 Å². The van der Waals surface area contributed by atoms with Gasteiger partial charge in [0.05, 0.1) is 25.9 Å². The molecule has 2 aromatic heterocycles. The molecular weight excluding hydrogens is 468 g/mol. The molecule has 11 heteroatoms. The van der Waals surface area contributed by atoms with Crippen molar-refractivity contribution < 1.29 is 32.9 Å². The number of methoxy groups -OCH3 is 2. The maximum absolute atomic E-state index is 13.0. The fourth-order valence-electron chi connectivity index (χ4n) is 3.80. The molecule has 1 aliphatic rings. The predicted octanol–water partition coefficient (Wildman–Crippen LogP) is 4.26. The van der Waals surface area contributed by atoms with Crippen LogP contribution in [0.3, 0.4) is 0 Å². The van der Waals surface area contributed by atoms with Crippen LogP contribution in [-0.2, 0) is 21.7 Å². The van der Waals surface area contributed by atoms with E-state index in [1.54, 1.807) is 20.2 Å². The van der Waals surface area contributed by atoms with Crippen molar-refractivity contribution in [2.45, 2.75) is 33.0 Å². The van der Waals surface area contributed by atoms with Gasteiger partial charge < -0.3 is 38.7 Å². The number of anilines is 2. The minimum absolute atomic E-state index is 0.0389. The lowest BCUT2D eigenvalue weighted by Crippen LogP contribution is -2.16. The Morgan fingerprint density at radius 3 is 2.69 bits per heavy atom. The monoisotopic (exact) mass is 498 g/mol. The zero-order valence-corrected chi connectivity index (χ0v) is 21.2. The van der Waals surface area contributed by atoms with Gasteiger partial charge >= 0.3 is 6.01 Å². The second kappa shape index (κ2) is 10.4. The summed E-state index contributed by atoms with van der Waals surface area (Å²) in [5.74, 6) is 0.749. The van der Waals surface area contributed by atoms with Gasteiger partial charge in [0.2, 0.25) is 5.88 Å². The molecule has 0 bridgehead atoms. The van der Waals surface area contributed by atoms with E-state index in [2.05, 4.69) is 20.6 Å². The zero-order valence-electron chi connectivity index (χ0n) is 21.2. The topological polar surface area (TPSA) is 126 Å². The Morgan fingerprint density at radius 2 is 1.97 bits per heavy atom. The van der Waals surface area contributed by atoms with Crippen LogP contribution in [0.15, 0.2) is 28.7 Å². The lowest BCUT2D eigenvalue weighted by Gasteiger charge is -2.19. The molecule has 1 aliphatic heterocycles. The average molecular weight is 499 g/mol. The molecule has 4 rings (SSSR count). The van der Waals surface area contributed by atoms with E-state index in [1.165, 1.54) is 13.2 Å². The first-order valence-electron chi connectivity index (χ1n) is 11.4. The molecule has 0 fully saturated rings. The second-order valence-corrected chi connectivity index (χ2v) is 8.58. The van der Waals surface area contributed by atoms with Crippen LogP contribution in [0.5, 0.6) is 23.6 Å². The largest absolute Gasteiger partial charge is 0.479 e. The van der Waals surface area contributed by atoms with E-state index in [9.17, 15) is 4.79 Å². The standard InChI is InChI=1S/C25H30N4O7/c1-14-11-15-13-34-25(2,3)16(15)12-18(14)36-19-8-7-17(35-19)22(30)27-20-21(26-4)28-24(29-23(20)32-6)33-10-9-31-5/h7-8,11-12H,9-10,13H2,1-6H3,(H,27,30)(H,26,28,29). The molecule has 192 valence electrons. The van der Waals surface area contributed by atoms with Gasteiger partial charge in [-0.25, -0.2) is 0 Å². The number of ether oxygens (including phenoxy) is 5. The first-order valence-corrected chi connectivity index (χ1v) is 11.4. The number of carbonyl (C=O) groups excluding carboxylic acids is 1. The Bertz CT molecular complexity index is 1230. The molecular formula is C25H30N4O7. The van der Waals surface area contributed by atoms with Gasteiger partial charge in [-0.05, 0) is 55.7 Å². The highest BCUT2D eigenvalue weighted by Gasteiger charge is 2.32. The van der Waals surface area contributed by atoms with E-state index in [-0.39, 0.29) is 35.9 Å². The highest BCUT2D eigenvalue weighted by Crippen LogP contribution is 2.40. The van der Waals surface area contributed by atoms with E-state index in [0.29, 0.717) is 24.8 Å². The van der Waals surface area contributed by atoms with Crippen LogP contribution >= 0.6 is 0 Å². The van der Waals surface area contributed by atoms with E-state index in [4.69, 9.17) is 28.1 Å². The van der Waals surface area contributed by atoms with Gasteiger partial charge in [0.1, 0.15) is 18.0 Å². The maximum Gasteiger partial charge on any atom is 0.321 e. The van der Waals surface area contributed by atoms with Crippen molar-refractivity contribution in [1.82, 2.24) is 9.97 Å². The van der Waals surface area contributed by atoms with E-state index in [1.807, 2.05) is 32.9 Å². The van der Waals surface area contributed by atoms with Crippen molar-refractivity contribution >= 4 is 17.4 Å². The third-order valence-corrected chi connectivity index (χ3v) is 5.70. The van der Waals surface area contributed by atoms with Gasteiger partial charge in [0, 0.05) is 20.2 Å². The molecule has 0 saturated heterocycles. The van der Waals surface area contributed by atoms with Crippen molar-refractivity contribution in [3.05, 3.63) is 46.7 Å². The quantitative estimate of drug-likeness (QED) is 0.391. The van der Waals surface area contributed by atoms with Gasteiger partial charge in [-0.3, -0.25) is 4.79 Å². The molecule has 11 nitrogen and oxygen atoms in total. The molecule has 0 aliphatic carbocycles. The second-order valence-electron chi connectivity index (χ2n) is 8.58. The fourth-order valence-corrected chi connectivity index (χ4v) is 3.80. The van der Waals surface area contributed by atoms with Gasteiger partial charge in [-0.2, -0.15) is 9.97 Å². The lowest BCUT2D eigenvalue weighted by molar-refractivity contribution is -0.00795. The molecule has 3 aromatic rings. The molecule has 1 amide bonds. The van der Waals surface area contributed by atoms with Crippen molar-refractivity contribution in [3.8, 4) is 23.6 Å². The summed E-state index contributed by atoms with van der Waals surface area (Å²) in [6.45, 7) is 7.19. The summed E-state index contributed by atoms with van der Waals surface area (Å²) in [6, 6.07) is 7.19. The van der Waals surface area contributed by atoms with E-state index < -0.39 is 11.5 Å². The summed E-state index contributed by atoms with van der Waals surface area (Å²) in [5, 5.41) is 5.63. The molecule has 0 atom stereocenters. The minimum Gasteiger partial charge on any atom is -0.479 e. The Hall–Kier alpha value is -3.83. The van der Waals surface area contributed by atoms with Crippen molar-refractivity contribution in [2.75, 3.05) is 45.1 Å². The van der Waals surface area contributed by atoms with Crippen LogP contribution in [0.25, 0.3) is 0 Å². The molecule has 0 radical (unpaired) electrons.